The van der Waals surface area contributed by atoms with E-state index in [0.717, 1.165) is 21.0 Å². The topological polar surface area (TPSA) is 46.6 Å². The first-order valence-electron chi connectivity index (χ1n) is 8.76. The monoisotopic (exact) mass is 457 g/mol. The van der Waals surface area contributed by atoms with E-state index in [1.165, 1.54) is 0 Å². The predicted octanol–water partition coefficient (Wildman–Crippen LogP) is 6.59. The third kappa shape index (κ3) is 3.86. The van der Waals surface area contributed by atoms with Crippen molar-refractivity contribution in [3.05, 3.63) is 93.0 Å². The quantitative estimate of drug-likeness (QED) is 0.339. The summed E-state index contributed by atoms with van der Waals surface area (Å²) in [6, 6.07) is 16.9. The van der Waals surface area contributed by atoms with Crippen molar-refractivity contribution in [3.63, 3.8) is 0 Å². The molecule has 0 unspecified atom stereocenters. The molecule has 4 aromatic rings. The van der Waals surface area contributed by atoms with Crippen molar-refractivity contribution in [2.75, 3.05) is 0 Å². The molecule has 0 aliphatic carbocycles. The number of rotatable bonds is 5. The molecule has 0 fully saturated rings. The maximum atomic E-state index is 13.4. The minimum Gasteiger partial charge on any atom is -0.467 e. The lowest BCUT2D eigenvalue weighted by Crippen LogP contribution is -2.30. The molecular formula is C22H17BrClNO3. The molecule has 28 heavy (non-hydrogen) atoms. The second kappa shape index (κ2) is 7.86. The van der Waals surface area contributed by atoms with E-state index >= 15 is 0 Å². The number of carbonyl (C=O) groups is 1. The fourth-order valence-corrected chi connectivity index (χ4v) is 3.75. The fourth-order valence-electron chi connectivity index (χ4n) is 3.19. The number of nitrogens with zero attached hydrogens (tertiary/aromatic N) is 1. The molecule has 0 bridgehead atoms. The van der Waals surface area contributed by atoms with Crippen LogP contribution < -0.4 is 0 Å². The van der Waals surface area contributed by atoms with Gasteiger partial charge in [-0.05, 0) is 55.0 Å². The first-order valence-corrected chi connectivity index (χ1v) is 9.93. The Kier molecular flexibility index (Phi) is 5.29. The summed E-state index contributed by atoms with van der Waals surface area (Å²) in [5.41, 5.74) is 2.43. The van der Waals surface area contributed by atoms with E-state index < -0.39 is 0 Å². The van der Waals surface area contributed by atoms with E-state index in [4.69, 9.17) is 20.4 Å². The third-order valence-corrected chi connectivity index (χ3v) is 5.30. The fraction of sp³-hybridized carbons (Fsp3) is 0.136. The van der Waals surface area contributed by atoms with Crippen LogP contribution in [0.15, 0.2) is 74.2 Å². The number of benzene rings is 2. The summed E-state index contributed by atoms with van der Waals surface area (Å²) in [5.74, 6) is 0.842. The van der Waals surface area contributed by atoms with Crippen molar-refractivity contribution in [2.24, 2.45) is 0 Å². The van der Waals surface area contributed by atoms with Crippen molar-refractivity contribution < 1.29 is 13.6 Å². The summed E-state index contributed by atoms with van der Waals surface area (Å²) in [5, 5.41) is 1.56. The van der Waals surface area contributed by atoms with Crippen molar-refractivity contribution in [1.82, 2.24) is 4.90 Å². The first-order chi connectivity index (χ1) is 13.5. The molecule has 142 valence electrons. The minimum atomic E-state index is -0.193. The van der Waals surface area contributed by atoms with Gasteiger partial charge in [0.15, 0.2) is 5.76 Å². The number of amides is 1. The molecule has 0 N–H and O–H groups in total. The summed E-state index contributed by atoms with van der Waals surface area (Å²) in [6.45, 7) is 2.62. The van der Waals surface area contributed by atoms with E-state index in [1.807, 2.05) is 55.5 Å². The molecule has 2 aromatic carbocycles. The van der Waals surface area contributed by atoms with E-state index in [9.17, 15) is 4.79 Å². The van der Waals surface area contributed by atoms with Gasteiger partial charge in [0.2, 0.25) is 0 Å². The maximum absolute atomic E-state index is 13.4. The molecule has 2 heterocycles. The zero-order valence-corrected chi connectivity index (χ0v) is 17.5. The minimum absolute atomic E-state index is 0.193. The van der Waals surface area contributed by atoms with Gasteiger partial charge in [0.05, 0.1) is 12.8 Å². The van der Waals surface area contributed by atoms with E-state index in [1.54, 1.807) is 17.2 Å². The number of fused-ring (bicyclic) bond motifs is 1. The van der Waals surface area contributed by atoms with Gasteiger partial charge >= 0.3 is 0 Å². The molecule has 0 saturated carbocycles. The summed E-state index contributed by atoms with van der Waals surface area (Å²) in [6.07, 6.45) is 1.60. The van der Waals surface area contributed by atoms with Crippen LogP contribution >= 0.6 is 27.5 Å². The van der Waals surface area contributed by atoms with Crippen LogP contribution in [0.3, 0.4) is 0 Å². The summed E-state index contributed by atoms with van der Waals surface area (Å²) < 4.78 is 12.3. The van der Waals surface area contributed by atoms with Crippen LogP contribution in [-0.2, 0) is 13.1 Å². The molecule has 0 spiro atoms. The second-order valence-corrected chi connectivity index (χ2v) is 7.92. The largest absolute Gasteiger partial charge is 0.467 e. The van der Waals surface area contributed by atoms with Crippen molar-refractivity contribution in [2.45, 2.75) is 20.0 Å². The summed E-state index contributed by atoms with van der Waals surface area (Å²) >= 11 is 9.56. The van der Waals surface area contributed by atoms with Crippen LogP contribution in [-0.4, -0.2) is 10.8 Å². The lowest BCUT2D eigenvalue weighted by Gasteiger charge is -2.21. The lowest BCUT2D eigenvalue weighted by atomic mass is 10.1. The highest BCUT2D eigenvalue weighted by Gasteiger charge is 2.24. The number of furan rings is 2. The molecule has 4 nitrogen and oxygen atoms in total. The van der Waals surface area contributed by atoms with Gasteiger partial charge in [0, 0.05) is 27.0 Å². The highest BCUT2D eigenvalue weighted by molar-refractivity contribution is 9.10. The van der Waals surface area contributed by atoms with Crippen molar-refractivity contribution >= 4 is 44.4 Å². The molecule has 0 radical (unpaired) electrons. The second-order valence-electron chi connectivity index (χ2n) is 6.57. The number of carbonyl (C=O) groups excluding carboxylic acids is 1. The van der Waals surface area contributed by atoms with Gasteiger partial charge in [-0.15, -0.1) is 0 Å². The molecule has 0 aliphatic rings. The van der Waals surface area contributed by atoms with Crippen molar-refractivity contribution in [1.29, 1.82) is 0 Å². The normalized spacial score (nSPS) is 11.1. The molecule has 4 rings (SSSR count). The van der Waals surface area contributed by atoms with Gasteiger partial charge < -0.3 is 13.7 Å². The molecule has 0 aliphatic heterocycles. The van der Waals surface area contributed by atoms with Crippen LogP contribution in [0.4, 0.5) is 0 Å². The molecule has 1 amide bonds. The van der Waals surface area contributed by atoms with Gasteiger partial charge in [-0.25, -0.2) is 0 Å². The SMILES string of the molecule is Cc1c(C(=O)N(Cc2cccc(Cl)c2)Cc2ccco2)oc2cc(Br)ccc12. The Labute approximate surface area is 175 Å². The predicted molar refractivity (Wildman–Crippen MR) is 112 cm³/mol. The Morgan fingerprint density at radius 1 is 1.11 bits per heavy atom. The van der Waals surface area contributed by atoms with Gasteiger partial charge in [-0.1, -0.05) is 39.7 Å². The van der Waals surface area contributed by atoms with Gasteiger partial charge in [-0.2, -0.15) is 0 Å². The van der Waals surface area contributed by atoms with Crippen LogP contribution in [0.25, 0.3) is 11.0 Å². The molecule has 2 aromatic heterocycles. The summed E-state index contributed by atoms with van der Waals surface area (Å²) in [7, 11) is 0. The average Bonchev–Trinajstić information content (AvgIpc) is 3.28. The highest BCUT2D eigenvalue weighted by Crippen LogP contribution is 2.29. The van der Waals surface area contributed by atoms with Crippen LogP contribution in [0.1, 0.15) is 27.4 Å². The number of aryl methyl sites for hydroxylation is 1. The third-order valence-electron chi connectivity index (χ3n) is 4.57. The molecule has 6 heteroatoms. The number of hydrogen-bond donors (Lipinski definition) is 0. The van der Waals surface area contributed by atoms with Crippen molar-refractivity contribution in [3.8, 4) is 0 Å². The number of halogens is 2. The first kappa shape index (κ1) is 18.8. The number of hydrogen-bond acceptors (Lipinski definition) is 3. The zero-order chi connectivity index (χ0) is 19.7. The van der Waals surface area contributed by atoms with E-state index in [-0.39, 0.29) is 5.91 Å². The Bertz CT molecular complexity index is 1130. The smallest absolute Gasteiger partial charge is 0.290 e. The maximum Gasteiger partial charge on any atom is 0.290 e. The molecular weight excluding hydrogens is 442 g/mol. The Hall–Kier alpha value is -2.50. The summed E-state index contributed by atoms with van der Waals surface area (Å²) in [4.78, 5) is 15.1. The lowest BCUT2D eigenvalue weighted by molar-refractivity contribution is 0.0686. The van der Waals surface area contributed by atoms with Crippen LogP contribution in [0, 0.1) is 6.92 Å². The van der Waals surface area contributed by atoms with Gasteiger partial charge in [0.1, 0.15) is 11.3 Å². The van der Waals surface area contributed by atoms with E-state index in [0.29, 0.717) is 35.2 Å². The van der Waals surface area contributed by atoms with Crippen LogP contribution in [0.5, 0.6) is 0 Å². The zero-order valence-electron chi connectivity index (χ0n) is 15.1. The highest BCUT2D eigenvalue weighted by atomic mass is 79.9. The standard InChI is InChI=1S/C22H17BrClNO3/c1-14-19-8-7-16(23)11-20(19)28-21(14)22(26)25(13-18-6-3-9-27-18)12-15-4-2-5-17(24)10-15/h2-11H,12-13H2,1H3. The Morgan fingerprint density at radius 2 is 1.96 bits per heavy atom. The van der Waals surface area contributed by atoms with E-state index in [2.05, 4.69) is 15.9 Å². The average molecular weight is 459 g/mol. The van der Waals surface area contributed by atoms with Gasteiger partial charge in [0.25, 0.3) is 5.91 Å². The Morgan fingerprint density at radius 3 is 2.71 bits per heavy atom. The van der Waals surface area contributed by atoms with Gasteiger partial charge in [-0.3, -0.25) is 4.79 Å². The molecule has 0 atom stereocenters. The van der Waals surface area contributed by atoms with Crippen LogP contribution in [0.2, 0.25) is 5.02 Å². The Balaban J connectivity index is 1.70. The molecule has 0 saturated heterocycles.